The molecule has 0 aliphatic heterocycles. The molecule has 1 amide bonds. The summed E-state index contributed by atoms with van der Waals surface area (Å²) in [5, 5.41) is 14.6. The fourth-order valence-electron chi connectivity index (χ4n) is 3.06. The number of para-hydroxylation sites is 2. The van der Waals surface area contributed by atoms with E-state index in [1.807, 2.05) is 37.3 Å². The van der Waals surface area contributed by atoms with Gasteiger partial charge in [-0.25, -0.2) is 10.4 Å². The Morgan fingerprint density at radius 3 is 2.59 bits per heavy atom. The Hall–Kier alpha value is -3.91. The summed E-state index contributed by atoms with van der Waals surface area (Å²) in [6.45, 7) is 1.97. The van der Waals surface area contributed by atoms with Crippen LogP contribution >= 0.6 is 11.8 Å². The predicted octanol–water partition coefficient (Wildman–Crippen LogP) is 3.64. The van der Waals surface area contributed by atoms with Gasteiger partial charge in [0.2, 0.25) is 0 Å². The molecule has 3 aromatic carbocycles. The van der Waals surface area contributed by atoms with E-state index >= 15 is 0 Å². The number of aromatic hydroxyl groups is 1. The van der Waals surface area contributed by atoms with Crippen LogP contribution in [0.1, 0.15) is 11.1 Å². The van der Waals surface area contributed by atoms with E-state index < -0.39 is 0 Å². The van der Waals surface area contributed by atoms with E-state index in [2.05, 4.69) is 15.5 Å². The summed E-state index contributed by atoms with van der Waals surface area (Å²) in [4.78, 5) is 30.1. The van der Waals surface area contributed by atoms with Crippen LogP contribution in [0.2, 0.25) is 0 Å². The lowest BCUT2D eigenvalue weighted by Gasteiger charge is -2.13. The number of nitrogens with zero attached hydrogens (tertiary/aromatic N) is 3. The van der Waals surface area contributed by atoms with Crippen molar-refractivity contribution in [3.8, 4) is 11.4 Å². The quantitative estimate of drug-likeness (QED) is 0.205. The van der Waals surface area contributed by atoms with Gasteiger partial charge in [0.15, 0.2) is 5.16 Å². The smallest absolute Gasteiger partial charge is 0.266 e. The van der Waals surface area contributed by atoms with E-state index in [1.165, 1.54) is 16.8 Å². The number of carbonyl (C=O) groups excluding carboxylic acids is 1. The van der Waals surface area contributed by atoms with Crippen LogP contribution in [0.15, 0.2) is 87.8 Å². The Morgan fingerprint density at radius 1 is 1.09 bits per heavy atom. The molecule has 0 saturated carbocycles. The van der Waals surface area contributed by atoms with Crippen LogP contribution in [-0.2, 0) is 4.79 Å². The fraction of sp³-hybridized carbons (Fsp3) is 0.0833. The van der Waals surface area contributed by atoms with Gasteiger partial charge in [-0.1, -0.05) is 53.7 Å². The fourth-order valence-corrected chi connectivity index (χ4v) is 3.87. The van der Waals surface area contributed by atoms with E-state index in [-0.39, 0.29) is 23.0 Å². The number of aryl methyl sites for hydroxylation is 1. The number of hydrogen-bond donors (Lipinski definition) is 2. The van der Waals surface area contributed by atoms with Crippen LogP contribution in [-0.4, -0.2) is 32.5 Å². The number of hydrazone groups is 1. The first kappa shape index (κ1) is 21.3. The summed E-state index contributed by atoms with van der Waals surface area (Å²) >= 11 is 1.15. The number of amides is 1. The van der Waals surface area contributed by atoms with Crippen molar-refractivity contribution in [3.05, 3.63) is 94.3 Å². The summed E-state index contributed by atoms with van der Waals surface area (Å²) < 4.78 is 1.52. The molecule has 1 heterocycles. The maximum atomic E-state index is 13.2. The van der Waals surface area contributed by atoms with Crippen LogP contribution < -0.4 is 11.0 Å². The molecule has 0 fully saturated rings. The maximum Gasteiger partial charge on any atom is 0.266 e. The van der Waals surface area contributed by atoms with Crippen LogP contribution in [0.4, 0.5) is 0 Å². The second-order valence-corrected chi connectivity index (χ2v) is 7.97. The first-order valence-corrected chi connectivity index (χ1v) is 10.8. The molecule has 7 nitrogen and oxygen atoms in total. The van der Waals surface area contributed by atoms with E-state index in [0.717, 1.165) is 17.3 Å². The molecular weight excluding hydrogens is 424 g/mol. The minimum atomic E-state index is -0.362. The van der Waals surface area contributed by atoms with Crippen molar-refractivity contribution < 1.29 is 9.90 Å². The molecule has 0 aliphatic rings. The Balaban J connectivity index is 1.57. The van der Waals surface area contributed by atoms with Crippen molar-refractivity contribution in [1.82, 2.24) is 15.0 Å². The number of phenolic OH excluding ortho intramolecular Hbond substituents is 1. The topological polar surface area (TPSA) is 96.6 Å². The highest BCUT2D eigenvalue weighted by atomic mass is 32.2. The zero-order valence-corrected chi connectivity index (χ0v) is 18.0. The van der Waals surface area contributed by atoms with Crippen LogP contribution in [0.3, 0.4) is 0 Å². The van der Waals surface area contributed by atoms with E-state index in [0.29, 0.717) is 27.3 Å². The lowest BCUT2D eigenvalue weighted by molar-refractivity contribution is -0.118. The number of nitrogens with one attached hydrogen (secondary N) is 1. The predicted molar refractivity (Wildman–Crippen MR) is 127 cm³/mol. The molecule has 0 aliphatic carbocycles. The molecule has 4 aromatic rings. The van der Waals surface area contributed by atoms with Gasteiger partial charge in [0.1, 0.15) is 5.75 Å². The van der Waals surface area contributed by atoms with Gasteiger partial charge in [-0.3, -0.25) is 14.2 Å². The van der Waals surface area contributed by atoms with Crippen LogP contribution in [0, 0.1) is 6.92 Å². The van der Waals surface area contributed by atoms with Gasteiger partial charge in [0, 0.05) is 5.56 Å². The Morgan fingerprint density at radius 2 is 1.81 bits per heavy atom. The van der Waals surface area contributed by atoms with Gasteiger partial charge in [0.05, 0.1) is 28.6 Å². The molecule has 2 N–H and O–H groups in total. The first-order chi connectivity index (χ1) is 15.5. The Bertz CT molecular complexity index is 1360. The zero-order chi connectivity index (χ0) is 22.5. The van der Waals surface area contributed by atoms with E-state index in [1.54, 1.807) is 36.4 Å². The normalized spacial score (nSPS) is 11.2. The first-order valence-electron chi connectivity index (χ1n) is 9.84. The number of carbonyl (C=O) groups is 1. The number of aromatic nitrogens is 2. The molecule has 0 bridgehead atoms. The summed E-state index contributed by atoms with van der Waals surface area (Å²) in [7, 11) is 0. The van der Waals surface area contributed by atoms with Gasteiger partial charge in [-0.05, 0) is 43.3 Å². The van der Waals surface area contributed by atoms with Crippen molar-refractivity contribution in [3.63, 3.8) is 0 Å². The largest absolute Gasteiger partial charge is 0.507 e. The van der Waals surface area contributed by atoms with Gasteiger partial charge in [-0.2, -0.15) is 5.10 Å². The zero-order valence-electron chi connectivity index (χ0n) is 17.2. The van der Waals surface area contributed by atoms with Gasteiger partial charge in [0.25, 0.3) is 11.5 Å². The van der Waals surface area contributed by atoms with Crippen molar-refractivity contribution in [2.45, 2.75) is 12.1 Å². The van der Waals surface area contributed by atoms with E-state index in [4.69, 9.17) is 0 Å². The molecular formula is C24H20N4O3S. The second kappa shape index (κ2) is 9.49. The van der Waals surface area contributed by atoms with Crippen LogP contribution in [0.5, 0.6) is 5.75 Å². The van der Waals surface area contributed by atoms with E-state index in [9.17, 15) is 14.7 Å². The third-order valence-electron chi connectivity index (χ3n) is 4.70. The van der Waals surface area contributed by atoms with Crippen molar-refractivity contribution >= 4 is 34.8 Å². The molecule has 4 rings (SSSR count). The summed E-state index contributed by atoms with van der Waals surface area (Å²) in [5.41, 5.74) is 5.05. The van der Waals surface area contributed by atoms with Gasteiger partial charge in [-0.15, -0.1) is 0 Å². The Kier molecular flexibility index (Phi) is 6.32. The molecule has 0 spiro atoms. The van der Waals surface area contributed by atoms with Crippen LogP contribution in [0.25, 0.3) is 16.6 Å². The molecule has 0 atom stereocenters. The lowest BCUT2D eigenvalue weighted by atomic mass is 10.2. The highest BCUT2D eigenvalue weighted by Gasteiger charge is 2.14. The van der Waals surface area contributed by atoms with Crippen molar-refractivity contribution in [1.29, 1.82) is 0 Å². The standard InChI is InChI=1S/C24H20N4O3S/c1-16-10-12-18(13-11-16)28-23(31)19-7-3-4-8-20(19)26-24(28)32-15-22(30)27-25-14-17-6-2-5-9-21(17)29/h2-14,29H,15H2,1H3,(H,27,30)/b25-14-. The number of benzene rings is 3. The van der Waals surface area contributed by atoms with Gasteiger partial charge < -0.3 is 5.11 Å². The SMILES string of the molecule is Cc1ccc(-n2c(SCC(=O)N/N=C\c3ccccc3O)nc3ccccc3c2=O)cc1. The summed E-state index contributed by atoms with van der Waals surface area (Å²) in [6, 6.07) is 21.4. The monoisotopic (exact) mass is 444 g/mol. The third kappa shape index (κ3) is 4.70. The molecule has 32 heavy (non-hydrogen) atoms. The van der Waals surface area contributed by atoms with Crippen molar-refractivity contribution in [2.24, 2.45) is 5.10 Å². The number of fused-ring (bicyclic) bond motifs is 1. The molecule has 8 heteroatoms. The molecule has 160 valence electrons. The summed E-state index contributed by atoms with van der Waals surface area (Å²) in [6.07, 6.45) is 1.37. The van der Waals surface area contributed by atoms with Gasteiger partial charge >= 0.3 is 0 Å². The van der Waals surface area contributed by atoms with Crippen molar-refractivity contribution in [2.75, 3.05) is 5.75 Å². The number of hydrogen-bond acceptors (Lipinski definition) is 6. The maximum absolute atomic E-state index is 13.2. The number of phenols is 1. The third-order valence-corrected chi connectivity index (χ3v) is 5.64. The number of rotatable bonds is 6. The minimum Gasteiger partial charge on any atom is -0.507 e. The number of thioether (sulfide) groups is 1. The Labute approximate surface area is 188 Å². The molecule has 0 radical (unpaired) electrons. The highest BCUT2D eigenvalue weighted by molar-refractivity contribution is 7.99. The summed E-state index contributed by atoms with van der Waals surface area (Å²) in [5.74, 6) is -0.281. The average molecular weight is 445 g/mol. The highest BCUT2D eigenvalue weighted by Crippen LogP contribution is 2.21. The lowest BCUT2D eigenvalue weighted by Crippen LogP contribution is -2.24. The molecule has 0 unspecified atom stereocenters. The molecule has 0 saturated heterocycles. The average Bonchev–Trinajstić information content (AvgIpc) is 2.80. The molecule has 1 aromatic heterocycles. The second-order valence-electron chi connectivity index (χ2n) is 7.03. The minimum absolute atomic E-state index is 0.00868.